The van der Waals surface area contributed by atoms with Gasteiger partial charge < -0.3 is 15.4 Å². The Balaban J connectivity index is 2.24. The molecule has 5 nitrogen and oxygen atoms in total. The molecular weight excluding hydrogens is 299 g/mol. The second-order valence-corrected chi connectivity index (χ2v) is 6.37. The molecular formula is C17H25FN2O3. The van der Waals surface area contributed by atoms with E-state index in [0.29, 0.717) is 19.4 Å². The van der Waals surface area contributed by atoms with Gasteiger partial charge in [-0.15, -0.1) is 0 Å². The fraction of sp³-hybridized carbons (Fsp3) is 0.529. The van der Waals surface area contributed by atoms with Gasteiger partial charge in [0.2, 0.25) is 5.91 Å². The first-order valence-electron chi connectivity index (χ1n) is 7.69. The maximum absolute atomic E-state index is 12.9. The predicted octanol–water partition coefficient (Wildman–Crippen LogP) is 3.31. The van der Waals surface area contributed by atoms with Gasteiger partial charge in [0, 0.05) is 13.0 Å². The van der Waals surface area contributed by atoms with Gasteiger partial charge in [-0.05, 0) is 51.8 Å². The lowest BCUT2D eigenvalue weighted by Crippen LogP contribution is -2.33. The Labute approximate surface area is 136 Å². The Morgan fingerprint density at radius 3 is 2.39 bits per heavy atom. The normalized spacial score (nSPS) is 12.4. The third kappa shape index (κ3) is 8.18. The summed E-state index contributed by atoms with van der Waals surface area (Å²) < 4.78 is 17.9. The van der Waals surface area contributed by atoms with Crippen molar-refractivity contribution in [2.45, 2.75) is 52.2 Å². The topological polar surface area (TPSA) is 67.4 Å². The number of rotatable bonds is 6. The van der Waals surface area contributed by atoms with Crippen LogP contribution in [0, 0.1) is 5.82 Å². The summed E-state index contributed by atoms with van der Waals surface area (Å²) in [7, 11) is 0. The van der Waals surface area contributed by atoms with Gasteiger partial charge in [0.25, 0.3) is 0 Å². The van der Waals surface area contributed by atoms with E-state index in [1.54, 1.807) is 32.9 Å². The number of hydrogen-bond donors (Lipinski definition) is 2. The molecule has 0 spiro atoms. The number of nitrogens with one attached hydrogen (secondary N) is 2. The van der Waals surface area contributed by atoms with E-state index in [1.165, 1.54) is 12.1 Å². The second-order valence-electron chi connectivity index (χ2n) is 6.37. The van der Waals surface area contributed by atoms with Crippen LogP contribution in [-0.4, -0.2) is 24.1 Å². The Kier molecular flexibility index (Phi) is 7.00. The van der Waals surface area contributed by atoms with E-state index >= 15 is 0 Å². The van der Waals surface area contributed by atoms with Crippen molar-refractivity contribution in [1.29, 1.82) is 0 Å². The molecule has 1 rings (SSSR count). The van der Waals surface area contributed by atoms with Gasteiger partial charge in [0.05, 0.1) is 6.04 Å². The summed E-state index contributed by atoms with van der Waals surface area (Å²) in [5, 5.41) is 5.44. The van der Waals surface area contributed by atoms with Gasteiger partial charge in [-0.25, -0.2) is 9.18 Å². The molecule has 0 radical (unpaired) electrons. The maximum Gasteiger partial charge on any atom is 0.407 e. The van der Waals surface area contributed by atoms with Crippen molar-refractivity contribution in [3.63, 3.8) is 0 Å². The molecule has 2 N–H and O–H groups in total. The molecule has 0 fully saturated rings. The molecule has 0 unspecified atom stereocenters. The van der Waals surface area contributed by atoms with Crippen LogP contribution in [0.1, 0.15) is 52.1 Å². The summed E-state index contributed by atoms with van der Waals surface area (Å²) in [6, 6.07) is 5.82. The maximum atomic E-state index is 12.9. The van der Waals surface area contributed by atoms with Crippen molar-refractivity contribution < 1.29 is 18.7 Å². The molecule has 0 bridgehead atoms. The minimum atomic E-state index is -0.536. The van der Waals surface area contributed by atoms with E-state index in [4.69, 9.17) is 4.74 Å². The number of hydrogen-bond acceptors (Lipinski definition) is 3. The molecule has 23 heavy (non-hydrogen) atoms. The van der Waals surface area contributed by atoms with E-state index in [1.807, 2.05) is 6.92 Å². The van der Waals surface area contributed by atoms with E-state index in [-0.39, 0.29) is 17.8 Å². The monoisotopic (exact) mass is 324 g/mol. The standard InChI is InChI=1S/C17H25FN2O3/c1-12(13-7-9-14(18)10-8-13)20-15(21)6-5-11-19-16(22)23-17(2,3)4/h7-10,12H,5-6,11H2,1-4H3,(H,19,22)(H,20,21)/t12-/m1/s1. The molecule has 1 aromatic rings. The molecule has 1 atom stereocenters. The van der Waals surface area contributed by atoms with Gasteiger partial charge in [-0.1, -0.05) is 12.1 Å². The van der Waals surface area contributed by atoms with Crippen molar-refractivity contribution in [3.05, 3.63) is 35.6 Å². The zero-order chi connectivity index (χ0) is 17.5. The first-order chi connectivity index (χ1) is 10.7. The van der Waals surface area contributed by atoms with Crippen molar-refractivity contribution >= 4 is 12.0 Å². The van der Waals surface area contributed by atoms with Crippen molar-refractivity contribution in [2.75, 3.05) is 6.54 Å². The van der Waals surface area contributed by atoms with Crippen LogP contribution in [0.15, 0.2) is 24.3 Å². The Bertz CT molecular complexity index is 524. The first kappa shape index (κ1) is 18.9. The molecule has 0 aliphatic heterocycles. The summed E-state index contributed by atoms with van der Waals surface area (Å²) in [5.41, 5.74) is 0.304. The zero-order valence-electron chi connectivity index (χ0n) is 14.1. The van der Waals surface area contributed by atoms with Crippen LogP contribution in [0.25, 0.3) is 0 Å². The van der Waals surface area contributed by atoms with Crippen LogP contribution < -0.4 is 10.6 Å². The summed E-state index contributed by atoms with van der Waals surface area (Å²) in [6.07, 6.45) is 0.320. The fourth-order valence-electron chi connectivity index (χ4n) is 1.90. The number of alkyl carbamates (subject to hydrolysis) is 1. The number of benzene rings is 1. The van der Waals surface area contributed by atoms with Gasteiger partial charge in [0.15, 0.2) is 0 Å². The number of carbonyl (C=O) groups excluding carboxylic acids is 2. The molecule has 0 saturated carbocycles. The number of amides is 2. The number of ether oxygens (including phenoxy) is 1. The van der Waals surface area contributed by atoms with Crippen molar-refractivity contribution in [3.8, 4) is 0 Å². The highest BCUT2D eigenvalue weighted by Crippen LogP contribution is 2.13. The van der Waals surface area contributed by atoms with E-state index in [0.717, 1.165) is 5.56 Å². The highest BCUT2D eigenvalue weighted by molar-refractivity contribution is 5.76. The van der Waals surface area contributed by atoms with Crippen molar-refractivity contribution in [1.82, 2.24) is 10.6 Å². The third-order valence-electron chi connectivity index (χ3n) is 3.00. The summed E-state index contributed by atoms with van der Waals surface area (Å²) in [5.74, 6) is -0.423. The summed E-state index contributed by atoms with van der Waals surface area (Å²) >= 11 is 0. The molecule has 1 aromatic carbocycles. The Hall–Kier alpha value is -2.11. The molecule has 2 amide bonds. The van der Waals surface area contributed by atoms with Gasteiger partial charge >= 0.3 is 6.09 Å². The van der Waals surface area contributed by atoms with Crippen LogP contribution >= 0.6 is 0 Å². The second kappa shape index (κ2) is 8.50. The average molecular weight is 324 g/mol. The van der Waals surface area contributed by atoms with Crippen molar-refractivity contribution in [2.24, 2.45) is 0 Å². The minimum Gasteiger partial charge on any atom is -0.444 e. The van der Waals surface area contributed by atoms with Crippen LogP contribution in [0.3, 0.4) is 0 Å². The minimum absolute atomic E-state index is 0.118. The van der Waals surface area contributed by atoms with E-state index < -0.39 is 11.7 Å². The highest BCUT2D eigenvalue weighted by Gasteiger charge is 2.15. The van der Waals surface area contributed by atoms with Crippen LogP contribution in [0.5, 0.6) is 0 Å². The number of halogens is 1. The van der Waals surface area contributed by atoms with Gasteiger partial charge in [-0.3, -0.25) is 4.79 Å². The van der Waals surface area contributed by atoms with Crippen LogP contribution in [0.4, 0.5) is 9.18 Å². The predicted molar refractivity (Wildman–Crippen MR) is 86.4 cm³/mol. The largest absolute Gasteiger partial charge is 0.444 e. The lowest BCUT2D eigenvalue weighted by molar-refractivity contribution is -0.121. The lowest BCUT2D eigenvalue weighted by atomic mass is 10.1. The molecule has 0 aromatic heterocycles. The van der Waals surface area contributed by atoms with Crippen LogP contribution in [0.2, 0.25) is 0 Å². The zero-order valence-corrected chi connectivity index (χ0v) is 14.1. The third-order valence-corrected chi connectivity index (χ3v) is 3.00. The Morgan fingerprint density at radius 1 is 1.22 bits per heavy atom. The summed E-state index contributed by atoms with van der Waals surface area (Å²) in [6.45, 7) is 7.57. The smallest absolute Gasteiger partial charge is 0.407 e. The number of carbonyl (C=O) groups is 2. The molecule has 0 saturated heterocycles. The molecule has 128 valence electrons. The summed E-state index contributed by atoms with van der Waals surface area (Å²) in [4.78, 5) is 23.3. The van der Waals surface area contributed by atoms with Gasteiger partial charge in [-0.2, -0.15) is 0 Å². The molecule has 0 aliphatic rings. The molecule has 6 heteroatoms. The highest BCUT2D eigenvalue weighted by atomic mass is 19.1. The van der Waals surface area contributed by atoms with Gasteiger partial charge in [0.1, 0.15) is 11.4 Å². The molecule has 0 heterocycles. The SMILES string of the molecule is C[C@@H](NC(=O)CCCNC(=O)OC(C)(C)C)c1ccc(F)cc1. The van der Waals surface area contributed by atoms with E-state index in [2.05, 4.69) is 10.6 Å². The fourth-order valence-corrected chi connectivity index (χ4v) is 1.90. The lowest BCUT2D eigenvalue weighted by Gasteiger charge is -2.19. The Morgan fingerprint density at radius 2 is 1.83 bits per heavy atom. The van der Waals surface area contributed by atoms with Crippen LogP contribution in [-0.2, 0) is 9.53 Å². The van der Waals surface area contributed by atoms with E-state index in [9.17, 15) is 14.0 Å². The first-order valence-corrected chi connectivity index (χ1v) is 7.69. The average Bonchev–Trinajstić information content (AvgIpc) is 2.42. The quantitative estimate of drug-likeness (QED) is 0.789. The molecule has 0 aliphatic carbocycles.